The number of fused-ring (bicyclic) bond motifs is 3. The number of benzene rings is 5. The molecule has 1 unspecified atom stereocenters. The number of hydrogen-bond acceptors (Lipinski definition) is 3. The maximum absolute atomic E-state index is 6.08. The monoisotopic (exact) mass is 795 g/mol. The van der Waals surface area contributed by atoms with Gasteiger partial charge in [-0.25, -0.2) is 0 Å². The van der Waals surface area contributed by atoms with Gasteiger partial charge in [0.05, 0.1) is 5.82 Å². The summed E-state index contributed by atoms with van der Waals surface area (Å²) in [5.41, 5.74) is 9.86. The molecule has 1 radical (unpaired) electrons. The van der Waals surface area contributed by atoms with E-state index in [1.807, 2.05) is 30.3 Å². The molecule has 0 N–H and O–H groups in total. The Kier molecular flexibility index (Phi) is 9.32. The van der Waals surface area contributed by atoms with Crippen molar-refractivity contribution >= 4 is 21.9 Å². The quantitative estimate of drug-likeness (QED) is 0.137. The summed E-state index contributed by atoms with van der Waals surface area (Å²) in [5.74, 6) is 2.14. The smallest absolute Gasteiger partial charge is 0.135 e. The predicted octanol–water partition coefficient (Wildman–Crippen LogP) is 11.2. The van der Waals surface area contributed by atoms with Crippen LogP contribution in [0.2, 0.25) is 0 Å². The first-order valence-electron chi connectivity index (χ1n) is 16.4. The summed E-state index contributed by atoms with van der Waals surface area (Å²) in [6.07, 6.45) is 3.41. The minimum atomic E-state index is -0.172. The molecule has 7 aromatic rings. The van der Waals surface area contributed by atoms with Crippen LogP contribution in [-0.2, 0) is 25.5 Å². The number of furan rings is 1. The molecule has 4 nitrogen and oxygen atoms in total. The van der Waals surface area contributed by atoms with E-state index in [9.17, 15) is 0 Å². The number of rotatable bonds is 9. The molecule has 0 aliphatic rings. The van der Waals surface area contributed by atoms with Gasteiger partial charge in [-0.15, -0.1) is 41.0 Å². The molecule has 2 aromatic heterocycles. The van der Waals surface area contributed by atoms with Crippen molar-refractivity contribution in [2.24, 2.45) is 0 Å². The van der Waals surface area contributed by atoms with E-state index in [1.165, 1.54) is 34.2 Å². The molecular formula is C42H40IrN3O-. The van der Waals surface area contributed by atoms with Gasteiger partial charge in [0.15, 0.2) is 0 Å². The minimum absolute atomic E-state index is 0. The third kappa shape index (κ3) is 6.11. The molecule has 0 amide bonds. The maximum atomic E-state index is 6.08. The van der Waals surface area contributed by atoms with Crippen LogP contribution in [0.25, 0.3) is 50.1 Å². The fourth-order valence-electron chi connectivity index (χ4n) is 6.65. The summed E-state index contributed by atoms with van der Waals surface area (Å²) in [7, 11) is 0. The molecule has 5 heteroatoms. The average Bonchev–Trinajstić information content (AvgIpc) is 3.69. The van der Waals surface area contributed by atoms with E-state index in [0.29, 0.717) is 5.92 Å². The first kappa shape index (κ1) is 32.6. The molecule has 47 heavy (non-hydrogen) atoms. The second-order valence-corrected chi connectivity index (χ2v) is 13.0. The van der Waals surface area contributed by atoms with Crippen molar-refractivity contribution in [2.45, 2.75) is 65.2 Å². The van der Waals surface area contributed by atoms with Crippen molar-refractivity contribution in [3.05, 3.63) is 138 Å². The van der Waals surface area contributed by atoms with Crippen LogP contribution in [0.3, 0.4) is 0 Å². The predicted molar refractivity (Wildman–Crippen MR) is 190 cm³/mol. The van der Waals surface area contributed by atoms with Crippen molar-refractivity contribution in [3.8, 4) is 28.2 Å². The van der Waals surface area contributed by atoms with Gasteiger partial charge >= 0.3 is 0 Å². The van der Waals surface area contributed by atoms with Crippen molar-refractivity contribution in [1.29, 1.82) is 0 Å². The van der Waals surface area contributed by atoms with Crippen LogP contribution in [-0.4, -0.2) is 14.8 Å². The number of unbranched alkanes of at least 4 members (excludes halogenated alkanes) is 1. The SMILES string of the molecule is CCCCC(C)c1nnc(-c2[c-]cccc2)n1-c1ccc(-c2ccc(C(C)(C)c3ccc4oc5ccccc5c4c3)cc2)cc1C.[Ir]. The summed E-state index contributed by atoms with van der Waals surface area (Å²) in [6, 6.07) is 42.0. The Bertz CT molecular complexity index is 2140. The van der Waals surface area contributed by atoms with E-state index in [2.05, 4.69) is 129 Å². The van der Waals surface area contributed by atoms with Crippen LogP contribution in [0, 0.1) is 13.0 Å². The van der Waals surface area contributed by atoms with Gasteiger partial charge in [-0.1, -0.05) is 95.1 Å². The fourth-order valence-corrected chi connectivity index (χ4v) is 6.65. The van der Waals surface area contributed by atoms with Crippen molar-refractivity contribution in [2.75, 3.05) is 0 Å². The van der Waals surface area contributed by atoms with Crippen LogP contribution in [0.5, 0.6) is 0 Å². The molecule has 1 atom stereocenters. The van der Waals surface area contributed by atoms with E-state index in [4.69, 9.17) is 9.52 Å². The number of aromatic nitrogens is 3. The summed E-state index contributed by atoms with van der Waals surface area (Å²) in [4.78, 5) is 0. The van der Waals surface area contributed by atoms with Gasteiger partial charge in [-0.05, 0) is 71.5 Å². The number of aryl methyl sites for hydroxylation is 1. The van der Waals surface area contributed by atoms with Gasteiger partial charge < -0.3 is 8.98 Å². The second-order valence-electron chi connectivity index (χ2n) is 13.0. The van der Waals surface area contributed by atoms with E-state index >= 15 is 0 Å². The van der Waals surface area contributed by atoms with Crippen LogP contribution in [0.1, 0.15) is 75.4 Å². The zero-order valence-corrected chi connectivity index (χ0v) is 30.1. The molecule has 7 rings (SSSR count). The largest absolute Gasteiger partial charge is 0.456 e. The third-order valence-corrected chi connectivity index (χ3v) is 9.55. The Balaban J connectivity index is 0.00000386. The minimum Gasteiger partial charge on any atom is -0.456 e. The second kappa shape index (κ2) is 13.4. The molecule has 0 fully saturated rings. The van der Waals surface area contributed by atoms with Crippen LogP contribution in [0.15, 0.2) is 114 Å². The van der Waals surface area contributed by atoms with Crippen LogP contribution < -0.4 is 0 Å². The van der Waals surface area contributed by atoms with Gasteiger partial charge in [0.2, 0.25) is 0 Å². The summed E-state index contributed by atoms with van der Waals surface area (Å²) >= 11 is 0. The molecule has 0 bridgehead atoms. The van der Waals surface area contributed by atoms with E-state index in [1.54, 1.807) is 0 Å². The molecule has 0 spiro atoms. The van der Waals surface area contributed by atoms with Gasteiger partial charge in [0.1, 0.15) is 17.0 Å². The average molecular weight is 795 g/mol. The van der Waals surface area contributed by atoms with Crippen molar-refractivity contribution in [1.82, 2.24) is 14.8 Å². The fraction of sp³-hybridized carbons (Fsp3) is 0.238. The Morgan fingerprint density at radius 2 is 1.51 bits per heavy atom. The van der Waals surface area contributed by atoms with Gasteiger partial charge in [-0.3, -0.25) is 0 Å². The zero-order valence-electron chi connectivity index (χ0n) is 27.7. The Labute approximate surface area is 291 Å². The maximum Gasteiger partial charge on any atom is 0.135 e. The molecule has 0 saturated heterocycles. The molecule has 0 aliphatic carbocycles. The van der Waals surface area contributed by atoms with Crippen LogP contribution >= 0.6 is 0 Å². The van der Waals surface area contributed by atoms with Crippen molar-refractivity contribution < 1.29 is 24.5 Å². The first-order chi connectivity index (χ1) is 22.3. The molecule has 0 saturated carbocycles. The van der Waals surface area contributed by atoms with Gasteiger partial charge in [0.25, 0.3) is 0 Å². The van der Waals surface area contributed by atoms with Crippen molar-refractivity contribution in [3.63, 3.8) is 0 Å². The molecular weight excluding hydrogens is 755 g/mol. The zero-order chi connectivity index (χ0) is 31.8. The summed E-state index contributed by atoms with van der Waals surface area (Å²) in [6.45, 7) is 11.3. The standard InChI is InChI=1S/C42H40N3O.Ir/c1-6-7-13-28(2)40-43-44-41(31-14-9-8-10-15-31)45(40)37-24-20-32(26-29(37)3)30-18-21-33(22-19-30)42(4,5)34-23-25-39-36(27-34)35-16-11-12-17-38(35)46-39;/h8-12,14,16-28H,6-7,13H2,1-5H3;/q-1;. The third-order valence-electron chi connectivity index (χ3n) is 9.55. The Hall–Kier alpha value is -4.31. The number of para-hydroxylation sites is 1. The van der Waals surface area contributed by atoms with E-state index in [0.717, 1.165) is 57.7 Å². The van der Waals surface area contributed by atoms with E-state index < -0.39 is 0 Å². The molecule has 2 heterocycles. The normalized spacial score (nSPS) is 12.4. The molecule has 239 valence electrons. The topological polar surface area (TPSA) is 43.9 Å². The first-order valence-corrected chi connectivity index (χ1v) is 16.4. The van der Waals surface area contributed by atoms with Gasteiger partial charge in [-0.2, -0.15) is 5.10 Å². The summed E-state index contributed by atoms with van der Waals surface area (Å²) in [5, 5.41) is 11.7. The number of nitrogens with zero attached hydrogens (tertiary/aromatic N) is 3. The van der Waals surface area contributed by atoms with Gasteiger partial charge in [0, 0.05) is 47.9 Å². The number of hydrogen-bond donors (Lipinski definition) is 0. The Morgan fingerprint density at radius 3 is 2.26 bits per heavy atom. The molecule has 5 aromatic carbocycles. The van der Waals surface area contributed by atoms with E-state index in [-0.39, 0.29) is 25.5 Å². The molecule has 0 aliphatic heterocycles. The summed E-state index contributed by atoms with van der Waals surface area (Å²) < 4.78 is 8.33. The Morgan fingerprint density at radius 1 is 0.787 bits per heavy atom. The van der Waals surface area contributed by atoms with Crippen LogP contribution in [0.4, 0.5) is 0 Å².